The fourth-order valence-electron chi connectivity index (χ4n) is 3.32. The number of hydrogen-bond acceptors (Lipinski definition) is 9. The maximum absolute atomic E-state index is 12.5. The fourth-order valence-corrected chi connectivity index (χ4v) is 4.85. The van der Waals surface area contributed by atoms with E-state index in [1.54, 1.807) is 25.4 Å². The van der Waals surface area contributed by atoms with E-state index in [4.69, 9.17) is 4.52 Å². The summed E-state index contributed by atoms with van der Waals surface area (Å²) in [6.07, 6.45) is 3.46. The Kier molecular flexibility index (Phi) is 7.00. The van der Waals surface area contributed by atoms with Crippen molar-refractivity contribution in [3.63, 3.8) is 0 Å². The molecule has 1 fully saturated rings. The van der Waals surface area contributed by atoms with Crippen molar-refractivity contribution in [3.8, 4) is 0 Å². The molecule has 1 aliphatic heterocycles. The number of rotatable bonds is 8. The van der Waals surface area contributed by atoms with E-state index in [1.807, 2.05) is 0 Å². The first-order chi connectivity index (χ1) is 14.3. The van der Waals surface area contributed by atoms with Gasteiger partial charge in [-0.1, -0.05) is 5.16 Å². The second-order valence-corrected chi connectivity index (χ2v) is 8.82. The lowest BCUT2D eigenvalue weighted by molar-refractivity contribution is -0.122. The average Bonchev–Trinajstić information content (AvgIpc) is 3.07. The first kappa shape index (κ1) is 22.1. The maximum atomic E-state index is 12.5. The highest BCUT2D eigenvalue weighted by molar-refractivity contribution is 7.89. The Morgan fingerprint density at radius 2 is 1.87 bits per heavy atom. The number of aryl methyl sites for hydroxylation is 2. The van der Waals surface area contributed by atoms with Crippen molar-refractivity contribution in [3.05, 3.63) is 29.9 Å². The highest BCUT2D eigenvalue weighted by atomic mass is 32.2. The third-order valence-electron chi connectivity index (χ3n) is 4.90. The minimum Gasteiger partial charge on any atom is -0.360 e. The van der Waals surface area contributed by atoms with Gasteiger partial charge in [0.15, 0.2) is 5.76 Å². The van der Waals surface area contributed by atoms with Crippen molar-refractivity contribution >= 4 is 21.9 Å². The second kappa shape index (κ2) is 9.49. The van der Waals surface area contributed by atoms with Gasteiger partial charge in [0.25, 0.3) is 0 Å². The number of carbonyl (C=O) groups excluding carboxylic acids is 1. The number of aromatic nitrogens is 3. The highest BCUT2D eigenvalue weighted by Gasteiger charge is 2.28. The van der Waals surface area contributed by atoms with Gasteiger partial charge in [-0.15, -0.1) is 0 Å². The molecule has 3 heterocycles. The van der Waals surface area contributed by atoms with Gasteiger partial charge < -0.3 is 14.7 Å². The molecule has 0 unspecified atom stereocenters. The molecule has 12 heteroatoms. The van der Waals surface area contributed by atoms with E-state index in [2.05, 4.69) is 35.0 Å². The quantitative estimate of drug-likeness (QED) is 0.570. The molecular weight excluding hydrogens is 410 g/mol. The lowest BCUT2D eigenvalue weighted by Gasteiger charge is -2.34. The summed E-state index contributed by atoms with van der Waals surface area (Å²) in [5.41, 5.74) is 0.257. The molecule has 164 valence electrons. The summed E-state index contributed by atoms with van der Waals surface area (Å²) in [4.78, 5) is 25.2. The van der Waals surface area contributed by atoms with Crippen molar-refractivity contribution in [2.75, 3.05) is 44.2 Å². The average molecular weight is 438 g/mol. The Morgan fingerprint density at radius 3 is 2.47 bits per heavy atom. The van der Waals surface area contributed by atoms with Crippen molar-refractivity contribution in [2.45, 2.75) is 31.7 Å². The number of sulfonamides is 1. The topological polar surface area (TPSA) is 134 Å². The monoisotopic (exact) mass is 437 g/mol. The number of piperazine rings is 1. The summed E-state index contributed by atoms with van der Waals surface area (Å²) >= 11 is 0. The number of amides is 1. The van der Waals surface area contributed by atoms with Crippen LogP contribution in [0.2, 0.25) is 0 Å². The van der Waals surface area contributed by atoms with Gasteiger partial charge in [0.1, 0.15) is 10.6 Å². The molecule has 3 rings (SSSR count). The summed E-state index contributed by atoms with van der Waals surface area (Å²) in [7, 11) is -3.90. The van der Waals surface area contributed by atoms with Crippen LogP contribution >= 0.6 is 0 Å². The van der Waals surface area contributed by atoms with Gasteiger partial charge in [-0.25, -0.2) is 18.4 Å². The zero-order chi connectivity index (χ0) is 21.7. The molecule has 1 amide bonds. The summed E-state index contributed by atoms with van der Waals surface area (Å²) in [5.74, 6) is 0.527. The van der Waals surface area contributed by atoms with E-state index in [-0.39, 0.29) is 22.3 Å². The molecule has 1 atom stereocenters. The highest BCUT2D eigenvalue weighted by Crippen LogP contribution is 2.18. The van der Waals surface area contributed by atoms with E-state index in [9.17, 15) is 13.2 Å². The predicted molar refractivity (Wildman–Crippen MR) is 109 cm³/mol. The number of anilines is 1. The minimum absolute atomic E-state index is 0.0255. The van der Waals surface area contributed by atoms with Crippen LogP contribution in [-0.4, -0.2) is 79.7 Å². The molecule has 0 radical (unpaired) electrons. The van der Waals surface area contributed by atoms with Crippen LogP contribution in [0.5, 0.6) is 0 Å². The molecule has 30 heavy (non-hydrogen) atoms. The van der Waals surface area contributed by atoms with Gasteiger partial charge >= 0.3 is 0 Å². The second-order valence-electron chi connectivity index (χ2n) is 7.16. The van der Waals surface area contributed by atoms with Gasteiger partial charge in [-0.2, -0.15) is 4.72 Å². The fraction of sp³-hybridized carbons (Fsp3) is 0.556. The Bertz CT molecular complexity index is 937. The van der Waals surface area contributed by atoms with E-state index in [1.165, 1.54) is 13.8 Å². The van der Waals surface area contributed by atoms with E-state index < -0.39 is 16.1 Å². The van der Waals surface area contributed by atoms with Gasteiger partial charge in [0.05, 0.1) is 6.04 Å². The SMILES string of the molecule is Cc1noc(C)c1S(=O)(=O)N[C@@H](C)C(=O)NCCN1CCN(c2ncccn2)CC1. The van der Waals surface area contributed by atoms with Gasteiger partial charge in [0.2, 0.25) is 21.9 Å². The standard InChI is InChI=1S/C18H27N7O4S/c1-13-16(15(3)29-22-13)30(27,28)23-14(2)17(26)19-7-8-24-9-11-25(12-10-24)18-20-5-4-6-21-18/h4-6,14,23H,7-12H2,1-3H3,(H,19,26)/t14-/m0/s1. The molecule has 2 N–H and O–H groups in total. The zero-order valence-corrected chi connectivity index (χ0v) is 18.1. The van der Waals surface area contributed by atoms with Gasteiger partial charge in [-0.05, 0) is 26.8 Å². The van der Waals surface area contributed by atoms with Crippen molar-refractivity contribution in [1.29, 1.82) is 0 Å². The molecular formula is C18H27N7O4S. The molecule has 2 aromatic rings. The van der Waals surface area contributed by atoms with Crippen LogP contribution in [0.25, 0.3) is 0 Å². The van der Waals surface area contributed by atoms with Crippen molar-refractivity contribution < 1.29 is 17.7 Å². The van der Waals surface area contributed by atoms with Crippen LogP contribution < -0.4 is 14.9 Å². The summed E-state index contributed by atoms with van der Waals surface area (Å²) < 4.78 is 32.3. The lowest BCUT2D eigenvalue weighted by atomic mass is 10.3. The van der Waals surface area contributed by atoms with Crippen LogP contribution in [-0.2, 0) is 14.8 Å². The third-order valence-corrected chi connectivity index (χ3v) is 6.68. The third kappa shape index (κ3) is 5.32. The first-order valence-electron chi connectivity index (χ1n) is 9.75. The van der Waals surface area contributed by atoms with Crippen LogP contribution in [0.15, 0.2) is 27.9 Å². The van der Waals surface area contributed by atoms with Gasteiger partial charge in [0, 0.05) is 51.7 Å². The number of nitrogens with one attached hydrogen (secondary N) is 2. The van der Waals surface area contributed by atoms with Crippen LogP contribution in [0.1, 0.15) is 18.4 Å². The summed E-state index contributed by atoms with van der Waals surface area (Å²) in [6.45, 7) is 8.96. The molecule has 11 nitrogen and oxygen atoms in total. The van der Waals surface area contributed by atoms with Gasteiger partial charge in [-0.3, -0.25) is 9.69 Å². The number of hydrogen-bond donors (Lipinski definition) is 2. The van der Waals surface area contributed by atoms with Crippen molar-refractivity contribution in [2.24, 2.45) is 0 Å². The van der Waals surface area contributed by atoms with E-state index in [0.717, 1.165) is 32.1 Å². The largest absolute Gasteiger partial charge is 0.360 e. The molecule has 0 aliphatic carbocycles. The molecule has 0 aromatic carbocycles. The Labute approximate surface area is 175 Å². The molecule has 1 saturated heterocycles. The summed E-state index contributed by atoms with van der Waals surface area (Å²) in [6, 6.07) is 0.869. The molecule has 0 saturated carbocycles. The molecule has 0 bridgehead atoms. The number of nitrogens with zero attached hydrogens (tertiary/aromatic N) is 5. The first-order valence-corrected chi connectivity index (χ1v) is 11.2. The normalized spacial score (nSPS) is 16.4. The van der Waals surface area contributed by atoms with Crippen LogP contribution in [0.4, 0.5) is 5.95 Å². The molecule has 2 aromatic heterocycles. The Morgan fingerprint density at radius 1 is 1.20 bits per heavy atom. The lowest BCUT2D eigenvalue weighted by Crippen LogP contribution is -2.50. The zero-order valence-electron chi connectivity index (χ0n) is 17.3. The Balaban J connectivity index is 1.42. The molecule has 0 spiro atoms. The number of carbonyl (C=O) groups is 1. The van der Waals surface area contributed by atoms with Crippen LogP contribution in [0, 0.1) is 13.8 Å². The summed E-state index contributed by atoms with van der Waals surface area (Å²) in [5, 5.41) is 6.43. The Hall–Kier alpha value is -2.57. The van der Waals surface area contributed by atoms with Crippen molar-refractivity contribution in [1.82, 2.24) is 30.1 Å². The van der Waals surface area contributed by atoms with E-state index in [0.29, 0.717) is 13.1 Å². The van der Waals surface area contributed by atoms with E-state index >= 15 is 0 Å². The minimum atomic E-state index is -3.90. The molecule has 1 aliphatic rings. The predicted octanol–water partition coefficient (Wildman–Crippen LogP) is -0.313. The van der Waals surface area contributed by atoms with Crippen LogP contribution in [0.3, 0.4) is 0 Å². The maximum Gasteiger partial charge on any atom is 0.246 e. The smallest absolute Gasteiger partial charge is 0.246 e.